The van der Waals surface area contributed by atoms with E-state index in [1.807, 2.05) is 59.2 Å². The lowest BCUT2D eigenvalue weighted by Gasteiger charge is -2.46. The van der Waals surface area contributed by atoms with Crippen molar-refractivity contribution in [2.24, 2.45) is 5.11 Å². The minimum atomic E-state index is -6.13. The number of rotatable bonds is 9. The van der Waals surface area contributed by atoms with Crippen molar-refractivity contribution >= 4 is 44.7 Å². The van der Waals surface area contributed by atoms with Gasteiger partial charge in [-0.3, -0.25) is 4.79 Å². The molecule has 0 spiro atoms. The molecule has 0 N–H and O–H groups in total. The van der Waals surface area contributed by atoms with Crippen molar-refractivity contribution in [3.63, 3.8) is 0 Å². The summed E-state index contributed by atoms with van der Waals surface area (Å²) in [6.45, 7) is 0.422. The Kier molecular flexibility index (Phi) is 16.6. The molecule has 0 aliphatic heterocycles. The van der Waals surface area contributed by atoms with Crippen molar-refractivity contribution in [3.8, 4) is 0 Å². The summed E-state index contributed by atoms with van der Waals surface area (Å²) >= 11 is 0. The molecule has 1 aromatic heterocycles. The topological polar surface area (TPSA) is 69.7 Å². The van der Waals surface area contributed by atoms with Crippen LogP contribution in [0.3, 0.4) is 0 Å². The summed E-state index contributed by atoms with van der Waals surface area (Å²) in [6.07, 6.45) is -54.8. The van der Waals surface area contributed by atoms with Gasteiger partial charge in [-0.15, -0.1) is 0 Å². The maximum absolute atomic E-state index is 14.2. The lowest BCUT2D eigenvalue weighted by atomic mass is 9.12. The zero-order chi connectivity index (χ0) is 60.0. The predicted molar refractivity (Wildman–Crippen MR) is 238 cm³/mol. The first kappa shape index (κ1) is 61.3. The number of alkyl halides is 24. The largest absolute Gasteiger partial charge is 0.416 e. The number of benzene rings is 6. The molecule has 7 rings (SSSR count). The number of azide groups is 1. The SMILES string of the molecule is FC(F)(F)c1cc([B-](c2cc(C(F)(F)F)cc(C(F)(F)F)c2)(c2cc(C(F)(F)F)cc(C(F)(F)F)c2)c2cc(C(F)(F)F)cc(C(F)(F)F)c2)cc(C(F)(F)F)c1.[N-]=[N+]=NCc1ccc2ccccc2[n+]1CC(=O)c1ccccc1. The predicted octanol–water partition coefficient (Wildman–Crippen LogP) is 15.0. The maximum atomic E-state index is 14.2. The van der Waals surface area contributed by atoms with Gasteiger partial charge in [0, 0.05) is 28.0 Å². The van der Waals surface area contributed by atoms with Gasteiger partial charge in [0.25, 0.3) is 0 Å². The van der Waals surface area contributed by atoms with Crippen LogP contribution in [0.2, 0.25) is 0 Å². The second-order valence-corrected chi connectivity index (χ2v) is 17.4. The Labute approximate surface area is 432 Å². The van der Waals surface area contributed by atoms with E-state index in [-0.39, 0.29) is 18.9 Å². The molecule has 0 aliphatic rings. The van der Waals surface area contributed by atoms with Crippen LogP contribution in [0.5, 0.6) is 0 Å². The van der Waals surface area contributed by atoms with Gasteiger partial charge < -0.3 is 0 Å². The standard InChI is InChI=1S/C32H12BF24.C18H15N4O/c34-25(35,36)13-1-14(26(37,38)39)6-21(5-13)33(22-7-15(27(40,41)42)2-16(8-22)28(43,44)45,23-9-17(29(46,47)48)3-18(10-23)30(49,50)51)24-11-19(31(52,53)54)4-20(12-24)32(55,56)57;19-21-20-12-16-11-10-14-6-4-5-9-17(14)22(16)13-18(23)15-7-2-1-3-8-15/h1-12H;1-11H,12-13H2/q-1;+1. The molecule has 0 fully saturated rings. The highest BCUT2D eigenvalue weighted by molar-refractivity contribution is 7.20. The molecule has 0 saturated heterocycles. The normalized spacial score (nSPS) is 13.2. The number of aromatic nitrogens is 1. The Bertz CT molecular complexity index is 3040. The van der Waals surface area contributed by atoms with Crippen LogP contribution >= 0.6 is 0 Å². The van der Waals surface area contributed by atoms with Crippen molar-refractivity contribution in [1.29, 1.82) is 0 Å². The van der Waals surface area contributed by atoms with Gasteiger partial charge in [-0.1, -0.05) is 96.1 Å². The van der Waals surface area contributed by atoms with E-state index in [2.05, 4.69) is 10.0 Å². The number of fused-ring (bicyclic) bond motifs is 1. The molecule has 0 bridgehead atoms. The van der Waals surface area contributed by atoms with E-state index in [1.165, 1.54) is 0 Å². The van der Waals surface area contributed by atoms with Gasteiger partial charge in [0.2, 0.25) is 17.8 Å². The molecular weight excluding hydrogens is 1140 g/mol. The van der Waals surface area contributed by atoms with Crippen molar-refractivity contribution in [2.45, 2.75) is 62.5 Å². The molecule has 0 unspecified atom stereocenters. The van der Waals surface area contributed by atoms with Crippen molar-refractivity contribution in [3.05, 3.63) is 206 Å². The van der Waals surface area contributed by atoms with Crippen LogP contribution < -0.4 is 26.4 Å². The number of Topliss-reactive ketones (excluding diaryl/α,β-unsaturated/α-hetero) is 1. The lowest BCUT2D eigenvalue weighted by molar-refractivity contribution is -0.664. The Morgan fingerprint density at radius 1 is 0.400 bits per heavy atom. The summed E-state index contributed by atoms with van der Waals surface area (Å²) in [5.74, 6) is 0.0224. The van der Waals surface area contributed by atoms with Gasteiger partial charge in [-0.2, -0.15) is 132 Å². The molecule has 0 saturated carbocycles. The van der Waals surface area contributed by atoms with Gasteiger partial charge in [0.15, 0.2) is 5.69 Å². The van der Waals surface area contributed by atoms with E-state index >= 15 is 0 Å². The quantitative estimate of drug-likeness (QED) is 0.0270. The fourth-order valence-corrected chi connectivity index (χ4v) is 8.66. The van der Waals surface area contributed by atoms with Crippen LogP contribution in [0.1, 0.15) is 60.6 Å². The molecule has 0 aliphatic carbocycles. The molecule has 0 radical (unpaired) electrons. The van der Waals surface area contributed by atoms with Crippen LogP contribution in [0.4, 0.5) is 105 Å². The lowest BCUT2D eigenvalue weighted by Crippen LogP contribution is -2.75. The number of para-hydroxylation sites is 1. The summed E-state index contributed by atoms with van der Waals surface area (Å²) in [5.41, 5.74) is -19.2. The first-order chi connectivity index (χ1) is 36.6. The third kappa shape index (κ3) is 13.7. The average Bonchev–Trinajstić information content (AvgIpc) is 3.48. The smallest absolute Gasteiger partial charge is 0.287 e. The highest BCUT2D eigenvalue weighted by Gasteiger charge is 2.47. The molecule has 1 heterocycles. The van der Waals surface area contributed by atoms with Crippen LogP contribution in [0, 0.1) is 0 Å². The van der Waals surface area contributed by atoms with E-state index in [1.54, 1.807) is 12.1 Å². The van der Waals surface area contributed by atoms with Gasteiger partial charge in [-0.05, 0) is 41.9 Å². The van der Waals surface area contributed by atoms with Crippen LogP contribution in [-0.4, -0.2) is 11.9 Å². The summed E-state index contributed by atoms with van der Waals surface area (Å²) in [5, 5.41) is 4.68. The highest BCUT2D eigenvalue weighted by Crippen LogP contribution is 2.41. The monoisotopic (exact) mass is 1170 g/mol. The second-order valence-electron chi connectivity index (χ2n) is 17.4. The van der Waals surface area contributed by atoms with E-state index < -0.39 is 195 Å². The Hall–Kier alpha value is -7.91. The average molecular weight is 1170 g/mol. The number of hydrogen-bond acceptors (Lipinski definition) is 2. The van der Waals surface area contributed by atoms with Gasteiger partial charge >= 0.3 is 49.4 Å². The minimum absolute atomic E-state index is 0.0224. The molecule has 0 atom stereocenters. The molecule has 424 valence electrons. The molecule has 0 amide bonds. The molecule has 6 aromatic carbocycles. The summed E-state index contributed by atoms with van der Waals surface area (Å²) < 4.78 is 343. The summed E-state index contributed by atoms with van der Waals surface area (Å²) in [4.78, 5) is 15.4. The zero-order valence-electron chi connectivity index (χ0n) is 39.0. The van der Waals surface area contributed by atoms with Gasteiger partial charge in [0.05, 0.1) is 44.5 Å². The summed E-state index contributed by atoms with van der Waals surface area (Å²) in [6, 6.07) is 12.1. The van der Waals surface area contributed by atoms with E-state index in [0.717, 1.165) is 16.6 Å². The van der Waals surface area contributed by atoms with Crippen molar-refractivity contribution in [1.82, 2.24) is 0 Å². The minimum Gasteiger partial charge on any atom is -0.287 e. The number of hydrogen-bond donors (Lipinski definition) is 0. The molecule has 5 nitrogen and oxygen atoms in total. The Balaban J connectivity index is 0.000000370. The Morgan fingerprint density at radius 2 is 0.688 bits per heavy atom. The van der Waals surface area contributed by atoms with Crippen molar-refractivity contribution in [2.75, 3.05) is 0 Å². The molecule has 30 heteroatoms. The molecular formula is C50H27BF24N4O. The first-order valence-corrected chi connectivity index (χ1v) is 21.9. The molecule has 7 aromatic rings. The van der Waals surface area contributed by atoms with Crippen LogP contribution in [0.15, 0.2) is 145 Å². The zero-order valence-corrected chi connectivity index (χ0v) is 39.0. The number of carbonyl (C=O) groups is 1. The van der Waals surface area contributed by atoms with Crippen LogP contribution in [0.25, 0.3) is 21.3 Å². The molecule has 80 heavy (non-hydrogen) atoms. The summed E-state index contributed by atoms with van der Waals surface area (Å²) in [7, 11) is 0. The van der Waals surface area contributed by atoms with Crippen molar-refractivity contribution < 1.29 is 115 Å². The van der Waals surface area contributed by atoms with Crippen LogP contribution in [-0.2, 0) is 62.5 Å². The number of nitrogens with zero attached hydrogens (tertiary/aromatic N) is 4. The van der Waals surface area contributed by atoms with E-state index in [0.29, 0.717) is 5.56 Å². The second kappa shape index (κ2) is 21.6. The maximum Gasteiger partial charge on any atom is 0.416 e. The highest BCUT2D eigenvalue weighted by atomic mass is 19.4. The third-order valence-electron chi connectivity index (χ3n) is 12.2. The fourth-order valence-electron chi connectivity index (χ4n) is 8.66. The number of carbonyl (C=O) groups excluding carboxylic acids is 1. The third-order valence-corrected chi connectivity index (χ3v) is 12.2. The Morgan fingerprint density at radius 3 is 0.975 bits per heavy atom. The van der Waals surface area contributed by atoms with Gasteiger partial charge in [0.1, 0.15) is 12.7 Å². The van der Waals surface area contributed by atoms with E-state index in [9.17, 15) is 110 Å². The number of pyridine rings is 1. The van der Waals surface area contributed by atoms with E-state index in [4.69, 9.17) is 5.53 Å². The fraction of sp³-hybridized carbons (Fsp3) is 0.200. The van der Waals surface area contributed by atoms with Gasteiger partial charge in [-0.25, -0.2) is 0 Å². The number of halogens is 24. The first-order valence-electron chi connectivity index (χ1n) is 21.9. The number of ketones is 1.